The number of aryl methyl sites for hydroxylation is 1. The number of carbonyl (C=O) groups is 1. The van der Waals surface area contributed by atoms with E-state index in [1.54, 1.807) is 0 Å². The Morgan fingerprint density at radius 2 is 1.61 bits per heavy atom. The van der Waals surface area contributed by atoms with E-state index in [1.165, 1.54) is 24.3 Å². The number of nitrogens with zero attached hydrogens (tertiary/aromatic N) is 2. The van der Waals surface area contributed by atoms with E-state index < -0.39 is 11.0 Å². The van der Waals surface area contributed by atoms with Crippen molar-refractivity contribution in [3.05, 3.63) is 56.8 Å². The number of rotatable bonds is 3. The molecule has 1 heterocycles. The third-order valence-corrected chi connectivity index (χ3v) is 3.87. The SMILES string of the molecule is Cc1nc(NC(=O)Nc2ccc([N+](=O)[O-])cc2)c(C)c(C)c1C. The lowest BCUT2D eigenvalue weighted by Gasteiger charge is -2.14. The van der Waals surface area contributed by atoms with Crippen molar-refractivity contribution >= 4 is 23.2 Å². The lowest BCUT2D eigenvalue weighted by molar-refractivity contribution is -0.384. The van der Waals surface area contributed by atoms with Crippen LogP contribution in [0, 0.1) is 37.8 Å². The average molecular weight is 314 g/mol. The molecular weight excluding hydrogens is 296 g/mol. The Morgan fingerprint density at radius 1 is 1.00 bits per heavy atom. The summed E-state index contributed by atoms with van der Waals surface area (Å²) < 4.78 is 0. The minimum atomic E-state index is -0.491. The fraction of sp³-hybridized carbons (Fsp3) is 0.250. The smallest absolute Gasteiger partial charge is 0.308 e. The van der Waals surface area contributed by atoms with Gasteiger partial charge in [0.15, 0.2) is 0 Å². The number of hydrogen-bond acceptors (Lipinski definition) is 4. The van der Waals surface area contributed by atoms with Gasteiger partial charge in [-0.15, -0.1) is 0 Å². The monoisotopic (exact) mass is 314 g/mol. The maximum absolute atomic E-state index is 12.1. The molecule has 2 rings (SSSR count). The lowest BCUT2D eigenvalue weighted by atomic mass is 10.0. The van der Waals surface area contributed by atoms with Crippen molar-refractivity contribution in [1.82, 2.24) is 4.98 Å². The average Bonchev–Trinajstić information content (AvgIpc) is 2.51. The van der Waals surface area contributed by atoms with Crippen molar-refractivity contribution < 1.29 is 9.72 Å². The highest BCUT2D eigenvalue weighted by Crippen LogP contribution is 2.22. The van der Waals surface area contributed by atoms with Gasteiger partial charge in [-0.05, 0) is 56.5 Å². The lowest BCUT2D eigenvalue weighted by Crippen LogP contribution is -2.21. The second-order valence-corrected chi connectivity index (χ2v) is 5.30. The number of aromatic nitrogens is 1. The van der Waals surface area contributed by atoms with Crippen LogP contribution in [0.4, 0.5) is 22.0 Å². The molecule has 0 radical (unpaired) electrons. The molecule has 2 N–H and O–H groups in total. The molecule has 7 nitrogen and oxygen atoms in total. The predicted molar refractivity (Wildman–Crippen MR) is 88.9 cm³/mol. The molecule has 2 aromatic rings. The summed E-state index contributed by atoms with van der Waals surface area (Å²) in [6.07, 6.45) is 0. The van der Waals surface area contributed by atoms with E-state index in [1.807, 2.05) is 27.7 Å². The Balaban J connectivity index is 2.12. The second kappa shape index (κ2) is 6.43. The number of non-ortho nitro benzene ring substituents is 1. The van der Waals surface area contributed by atoms with Crippen LogP contribution in [-0.2, 0) is 0 Å². The van der Waals surface area contributed by atoms with Crippen LogP contribution in [0.15, 0.2) is 24.3 Å². The van der Waals surface area contributed by atoms with Crippen LogP contribution in [-0.4, -0.2) is 15.9 Å². The molecule has 0 saturated carbocycles. The molecule has 23 heavy (non-hydrogen) atoms. The van der Waals surface area contributed by atoms with Crippen LogP contribution >= 0.6 is 0 Å². The summed E-state index contributed by atoms with van der Waals surface area (Å²) >= 11 is 0. The van der Waals surface area contributed by atoms with Crippen LogP contribution in [0.1, 0.15) is 22.4 Å². The first-order chi connectivity index (χ1) is 10.8. The van der Waals surface area contributed by atoms with Crippen molar-refractivity contribution in [3.8, 4) is 0 Å². The first-order valence-corrected chi connectivity index (χ1v) is 7.06. The first-order valence-electron chi connectivity index (χ1n) is 7.06. The van der Waals surface area contributed by atoms with E-state index in [4.69, 9.17) is 0 Å². The van der Waals surface area contributed by atoms with Gasteiger partial charge >= 0.3 is 6.03 Å². The molecule has 120 valence electrons. The molecule has 0 spiro atoms. The molecule has 0 unspecified atom stereocenters. The van der Waals surface area contributed by atoms with Gasteiger partial charge < -0.3 is 5.32 Å². The topological polar surface area (TPSA) is 97.2 Å². The fourth-order valence-corrected chi connectivity index (χ4v) is 2.12. The number of hydrogen-bond donors (Lipinski definition) is 2. The highest BCUT2D eigenvalue weighted by molar-refractivity contribution is 5.99. The molecule has 0 aliphatic rings. The van der Waals surface area contributed by atoms with Crippen LogP contribution in [0.25, 0.3) is 0 Å². The Hall–Kier alpha value is -2.96. The predicted octanol–water partition coefficient (Wildman–Crippen LogP) is 3.87. The zero-order valence-electron chi connectivity index (χ0n) is 13.4. The first kappa shape index (κ1) is 16.4. The van der Waals surface area contributed by atoms with Gasteiger partial charge in [0, 0.05) is 23.5 Å². The second-order valence-electron chi connectivity index (χ2n) is 5.30. The molecule has 0 saturated heterocycles. The normalized spacial score (nSPS) is 10.3. The van der Waals surface area contributed by atoms with E-state index in [2.05, 4.69) is 15.6 Å². The van der Waals surface area contributed by atoms with Gasteiger partial charge in [-0.2, -0.15) is 0 Å². The molecule has 0 atom stereocenters. The number of nitrogens with one attached hydrogen (secondary N) is 2. The van der Waals surface area contributed by atoms with Gasteiger partial charge in [0.05, 0.1) is 4.92 Å². The van der Waals surface area contributed by atoms with Gasteiger partial charge in [0.1, 0.15) is 5.82 Å². The maximum atomic E-state index is 12.1. The van der Waals surface area contributed by atoms with E-state index in [0.29, 0.717) is 11.5 Å². The van der Waals surface area contributed by atoms with Crippen molar-refractivity contribution in [2.24, 2.45) is 0 Å². The zero-order valence-corrected chi connectivity index (χ0v) is 13.4. The van der Waals surface area contributed by atoms with Crippen LogP contribution in [0.2, 0.25) is 0 Å². The minimum Gasteiger partial charge on any atom is -0.308 e. The van der Waals surface area contributed by atoms with Crippen molar-refractivity contribution in [2.45, 2.75) is 27.7 Å². The van der Waals surface area contributed by atoms with Gasteiger partial charge in [-0.25, -0.2) is 9.78 Å². The quantitative estimate of drug-likeness (QED) is 0.664. The Morgan fingerprint density at radius 3 is 2.17 bits per heavy atom. The molecule has 7 heteroatoms. The molecule has 0 aliphatic heterocycles. The highest BCUT2D eigenvalue weighted by atomic mass is 16.6. The molecular formula is C16H18N4O3. The summed E-state index contributed by atoms with van der Waals surface area (Å²) in [6, 6.07) is 5.17. The molecule has 2 amide bonds. The zero-order chi connectivity index (χ0) is 17.1. The van der Waals surface area contributed by atoms with Crippen LogP contribution < -0.4 is 10.6 Å². The van der Waals surface area contributed by atoms with Gasteiger partial charge in [0.25, 0.3) is 5.69 Å². The summed E-state index contributed by atoms with van der Waals surface area (Å²) in [5.74, 6) is 0.505. The molecule has 0 aliphatic carbocycles. The number of nitro groups is 1. The molecule has 1 aromatic carbocycles. The molecule has 0 bridgehead atoms. The molecule has 0 fully saturated rings. The van der Waals surface area contributed by atoms with E-state index in [0.717, 1.165) is 22.4 Å². The number of nitro benzene ring substituents is 1. The van der Waals surface area contributed by atoms with Crippen LogP contribution in [0.5, 0.6) is 0 Å². The summed E-state index contributed by atoms with van der Waals surface area (Å²) in [6.45, 7) is 7.77. The summed E-state index contributed by atoms with van der Waals surface area (Å²) in [7, 11) is 0. The summed E-state index contributed by atoms with van der Waals surface area (Å²) in [5.41, 5.74) is 4.39. The summed E-state index contributed by atoms with van der Waals surface area (Å²) in [4.78, 5) is 26.6. The third kappa shape index (κ3) is 3.63. The number of pyridine rings is 1. The van der Waals surface area contributed by atoms with Gasteiger partial charge in [-0.1, -0.05) is 0 Å². The van der Waals surface area contributed by atoms with Crippen molar-refractivity contribution in [1.29, 1.82) is 0 Å². The fourth-order valence-electron chi connectivity index (χ4n) is 2.12. The third-order valence-electron chi connectivity index (χ3n) is 3.87. The highest BCUT2D eigenvalue weighted by Gasteiger charge is 2.12. The van der Waals surface area contributed by atoms with Crippen LogP contribution in [0.3, 0.4) is 0 Å². The number of amides is 2. The van der Waals surface area contributed by atoms with E-state index in [-0.39, 0.29) is 5.69 Å². The Labute approximate surface area is 133 Å². The minimum absolute atomic E-state index is 0.0294. The number of benzene rings is 1. The van der Waals surface area contributed by atoms with E-state index >= 15 is 0 Å². The largest absolute Gasteiger partial charge is 0.324 e. The Bertz CT molecular complexity index is 770. The summed E-state index contributed by atoms with van der Waals surface area (Å²) in [5, 5.41) is 15.9. The van der Waals surface area contributed by atoms with Gasteiger partial charge in [-0.3, -0.25) is 15.4 Å². The van der Waals surface area contributed by atoms with Crippen molar-refractivity contribution in [3.63, 3.8) is 0 Å². The number of urea groups is 1. The molecule has 1 aromatic heterocycles. The standard InChI is InChI=1S/C16H18N4O3/c1-9-10(2)12(4)17-15(11(9)3)19-16(21)18-13-5-7-14(8-6-13)20(22)23/h5-8H,1-4H3,(H2,17,18,19,21). The van der Waals surface area contributed by atoms with Gasteiger partial charge in [0.2, 0.25) is 0 Å². The maximum Gasteiger partial charge on any atom is 0.324 e. The Kier molecular flexibility index (Phi) is 4.59. The van der Waals surface area contributed by atoms with Crippen molar-refractivity contribution in [2.75, 3.05) is 10.6 Å². The van der Waals surface area contributed by atoms with E-state index in [9.17, 15) is 14.9 Å². The number of anilines is 2. The number of carbonyl (C=O) groups excluding carboxylic acids is 1.